The van der Waals surface area contributed by atoms with Crippen LogP contribution in [-0.2, 0) is 17.8 Å². The van der Waals surface area contributed by atoms with Gasteiger partial charge in [0.15, 0.2) is 12.4 Å². The zero-order valence-corrected chi connectivity index (χ0v) is 17.1. The second kappa shape index (κ2) is 8.59. The molecule has 1 aromatic carbocycles. The average Bonchev–Trinajstić information content (AvgIpc) is 3.12. The van der Waals surface area contributed by atoms with Crippen LogP contribution in [0.4, 0.5) is 0 Å². The van der Waals surface area contributed by atoms with E-state index in [9.17, 15) is 9.59 Å². The number of hydrogen-bond donors (Lipinski definition) is 0. The first-order valence-electron chi connectivity index (χ1n) is 9.49. The van der Waals surface area contributed by atoms with Crippen LogP contribution in [0.5, 0.6) is 5.75 Å². The summed E-state index contributed by atoms with van der Waals surface area (Å²) < 4.78 is 5.55. The molecule has 1 aromatic heterocycles. The van der Waals surface area contributed by atoms with Crippen molar-refractivity contribution in [3.05, 3.63) is 44.9 Å². The third-order valence-electron chi connectivity index (χ3n) is 5.07. The van der Waals surface area contributed by atoms with Crippen LogP contribution in [0.1, 0.15) is 33.2 Å². The number of nitrogens with zero attached hydrogens (tertiary/aromatic N) is 3. The van der Waals surface area contributed by atoms with Gasteiger partial charge >= 0.3 is 0 Å². The number of benzene rings is 1. The first-order chi connectivity index (χ1) is 13.6. The standard InChI is InChI=1S/C20H22ClN3O3S/c21-14-4-6-15(7-5-14)27-13-19(26)24-10-8-23(9-11-24)12-18-22-16-2-1-3-17(25)20(16)28-18/h4-7H,1-3,8-13H2. The van der Waals surface area contributed by atoms with Crippen LogP contribution in [0.3, 0.4) is 0 Å². The third-order valence-corrected chi connectivity index (χ3v) is 6.45. The molecule has 0 unspecified atom stereocenters. The van der Waals surface area contributed by atoms with Gasteiger partial charge < -0.3 is 9.64 Å². The van der Waals surface area contributed by atoms with E-state index in [1.165, 1.54) is 11.3 Å². The number of carbonyl (C=O) groups excluding carboxylic acids is 2. The largest absolute Gasteiger partial charge is 0.484 e. The maximum atomic E-state index is 12.4. The number of hydrogen-bond acceptors (Lipinski definition) is 6. The Morgan fingerprint density at radius 3 is 2.61 bits per heavy atom. The molecule has 2 heterocycles. The van der Waals surface area contributed by atoms with Gasteiger partial charge in [0.25, 0.3) is 5.91 Å². The van der Waals surface area contributed by atoms with E-state index >= 15 is 0 Å². The molecule has 1 saturated heterocycles. The average molecular weight is 420 g/mol. The molecule has 0 atom stereocenters. The van der Waals surface area contributed by atoms with Gasteiger partial charge in [-0.25, -0.2) is 4.98 Å². The summed E-state index contributed by atoms with van der Waals surface area (Å²) in [5.41, 5.74) is 0.976. The molecule has 148 valence electrons. The van der Waals surface area contributed by atoms with E-state index in [2.05, 4.69) is 9.88 Å². The number of aromatic nitrogens is 1. The Kier molecular flexibility index (Phi) is 5.94. The summed E-state index contributed by atoms with van der Waals surface area (Å²) in [4.78, 5) is 34.0. The molecule has 1 amide bonds. The van der Waals surface area contributed by atoms with Crippen molar-refractivity contribution >= 4 is 34.6 Å². The first kappa shape index (κ1) is 19.4. The molecule has 6 nitrogen and oxygen atoms in total. The van der Waals surface area contributed by atoms with Gasteiger partial charge in [-0.2, -0.15) is 0 Å². The summed E-state index contributed by atoms with van der Waals surface area (Å²) in [5, 5.41) is 1.64. The van der Waals surface area contributed by atoms with E-state index in [-0.39, 0.29) is 18.3 Å². The Balaban J connectivity index is 1.24. The fourth-order valence-electron chi connectivity index (χ4n) is 3.50. The fourth-order valence-corrected chi connectivity index (χ4v) is 4.75. The lowest BCUT2D eigenvalue weighted by Gasteiger charge is -2.34. The van der Waals surface area contributed by atoms with Crippen LogP contribution in [0, 0.1) is 0 Å². The maximum Gasteiger partial charge on any atom is 0.260 e. The van der Waals surface area contributed by atoms with Crippen molar-refractivity contribution in [1.82, 2.24) is 14.8 Å². The molecule has 1 fully saturated rings. The third kappa shape index (κ3) is 4.54. The molecular formula is C20H22ClN3O3S. The number of thiazole rings is 1. The number of halogens is 1. The molecule has 8 heteroatoms. The quantitative estimate of drug-likeness (QED) is 0.745. The normalized spacial score (nSPS) is 17.5. The van der Waals surface area contributed by atoms with Gasteiger partial charge in [0.1, 0.15) is 10.8 Å². The molecule has 2 aromatic rings. The Morgan fingerprint density at radius 2 is 1.89 bits per heavy atom. The summed E-state index contributed by atoms with van der Waals surface area (Å²) >= 11 is 7.39. The van der Waals surface area contributed by atoms with Crippen molar-refractivity contribution in [2.45, 2.75) is 25.8 Å². The maximum absolute atomic E-state index is 12.4. The molecule has 1 aliphatic heterocycles. The Bertz CT molecular complexity index is 860. The predicted molar refractivity (Wildman–Crippen MR) is 108 cm³/mol. The Morgan fingerprint density at radius 1 is 1.14 bits per heavy atom. The second-order valence-electron chi connectivity index (χ2n) is 7.06. The highest BCUT2D eigenvalue weighted by atomic mass is 35.5. The lowest BCUT2D eigenvalue weighted by molar-refractivity contribution is -0.135. The van der Waals surface area contributed by atoms with E-state index in [1.54, 1.807) is 24.3 Å². The number of carbonyl (C=O) groups is 2. The minimum atomic E-state index is -0.00934. The molecule has 1 aliphatic carbocycles. The number of amides is 1. The SMILES string of the molecule is O=C1CCCc2nc(CN3CCN(C(=O)COc4ccc(Cl)cc4)CC3)sc21. The van der Waals surface area contributed by atoms with Gasteiger partial charge in [-0.15, -0.1) is 11.3 Å². The number of Topliss-reactive ketones (excluding diaryl/α,β-unsaturated/α-hetero) is 1. The summed E-state index contributed by atoms with van der Waals surface area (Å²) in [6, 6.07) is 6.99. The monoisotopic (exact) mass is 419 g/mol. The zero-order valence-electron chi connectivity index (χ0n) is 15.5. The Labute approximate surface area is 173 Å². The van der Waals surface area contributed by atoms with E-state index in [1.807, 2.05) is 4.90 Å². The molecule has 0 spiro atoms. The van der Waals surface area contributed by atoms with Crippen molar-refractivity contribution in [3.63, 3.8) is 0 Å². The van der Waals surface area contributed by atoms with Gasteiger partial charge in [0.2, 0.25) is 0 Å². The van der Waals surface area contributed by atoms with Crippen molar-refractivity contribution in [2.24, 2.45) is 0 Å². The van der Waals surface area contributed by atoms with Crippen LogP contribution in [-0.4, -0.2) is 59.3 Å². The number of piperazine rings is 1. The zero-order chi connectivity index (χ0) is 19.5. The van der Waals surface area contributed by atoms with Crippen molar-refractivity contribution in [2.75, 3.05) is 32.8 Å². The highest BCUT2D eigenvalue weighted by Crippen LogP contribution is 2.27. The topological polar surface area (TPSA) is 62.7 Å². The summed E-state index contributed by atoms with van der Waals surface area (Å²) in [5.74, 6) is 0.865. The van der Waals surface area contributed by atoms with Gasteiger partial charge in [-0.1, -0.05) is 11.6 Å². The van der Waals surface area contributed by atoms with Crippen LogP contribution in [0.15, 0.2) is 24.3 Å². The highest BCUT2D eigenvalue weighted by Gasteiger charge is 2.25. The number of ether oxygens (including phenoxy) is 1. The van der Waals surface area contributed by atoms with Crippen LogP contribution in [0.25, 0.3) is 0 Å². The minimum Gasteiger partial charge on any atom is -0.484 e. The smallest absolute Gasteiger partial charge is 0.260 e. The van der Waals surface area contributed by atoms with E-state index < -0.39 is 0 Å². The van der Waals surface area contributed by atoms with Gasteiger partial charge in [0.05, 0.1) is 17.1 Å². The molecular weight excluding hydrogens is 398 g/mol. The summed E-state index contributed by atoms with van der Waals surface area (Å²) in [7, 11) is 0. The lowest BCUT2D eigenvalue weighted by atomic mass is 10.0. The minimum absolute atomic E-state index is 0.00934. The summed E-state index contributed by atoms with van der Waals surface area (Å²) in [6.07, 6.45) is 2.47. The molecule has 4 rings (SSSR count). The summed E-state index contributed by atoms with van der Waals surface area (Å²) in [6.45, 7) is 3.71. The fraction of sp³-hybridized carbons (Fsp3) is 0.450. The van der Waals surface area contributed by atoms with Gasteiger partial charge in [0, 0.05) is 37.6 Å². The van der Waals surface area contributed by atoms with Crippen LogP contribution < -0.4 is 4.74 Å². The highest BCUT2D eigenvalue weighted by molar-refractivity contribution is 7.13. The molecule has 0 bridgehead atoms. The molecule has 0 radical (unpaired) electrons. The van der Waals surface area contributed by atoms with Crippen LogP contribution >= 0.6 is 22.9 Å². The number of rotatable bonds is 5. The van der Waals surface area contributed by atoms with Crippen molar-refractivity contribution in [3.8, 4) is 5.75 Å². The van der Waals surface area contributed by atoms with Crippen molar-refractivity contribution in [1.29, 1.82) is 0 Å². The number of ketones is 1. The van der Waals surface area contributed by atoms with Crippen molar-refractivity contribution < 1.29 is 14.3 Å². The van der Waals surface area contributed by atoms with Gasteiger partial charge in [-0.05, 0) is 37.1 Å². The predicted octanol–water partition coefficient (Wildman–Crippen LogP) is 3.04. The van der Waals surface area contributed by atoms with Gasteiger partial charge in [-0.3, -0.25) is 14.5 Å². The lowest BCUT2D eigenvalue weighted by Crippen LogP contribution is -2.49. The molecule has 2 aliphatic rings. The number of aryl methyl sites for hydroxylation is 1. The second-order valence-corrected chi connectivity index (χ2v) is 8.58. The van der Waals surface area contributed by atoms with E-state index in [4.69, 9.17) is 16.3 Å². The first-order valence-corrected chi connectivity index (χ1v) is 10.7. The molecule has 28 heavy (non-hydrogen) atoms. The van der Waals surface area contributed by atoms with Crippen LogP contribution in [0.2, 0.25) is 5.02 Å². The van der Waals surface area contributed by atoms with E-state index in [0.29, 0.717) is 30.3 Å². The van der Waals surface area contributed by atoms with E-state index in [0.717, 1.165) is 48.1 Å². The molecule has 0 N–H and O–H groups in total. The Hall–Kier alpha value is -1.96. The molecule has 0 saturated carbocycles. The number of fused-ring (bicyclic) bond motifs is 1.